The van der Waals surface area contributed by atoms with Crippen molar-refractivity contribution in [3.63, 3.8) is 0 Å². The van der Waals surface area contributed by atoms with Gasteiger partial charge in [-0.2, -0.15) is 0 Å². The van der Waals surface area contributed by atoms with Crippen LogP contribution in [-0.4, -0.2) is 28.8 Å². The van der Waals surface area contributed by atoms with Gasteiger partial charge in [-0.1, -0.05) is 66.7 Å². The zero-order valence-electron chi connectivity index (χ0n) is 12.6. The van der Waals surface area contributed by atoms with E-state index in [1.54, 1.807) is 6.08 Å². The topological polar surface area (TPSA) is 72.6 Å². The molecular formula is C18H19NO4. The van der Waals surface area contributed by atoms with Gasteiger partial charge < -0.3 is 9.84 Å². The maximum atomic E-state index is 11.1. The first-order valence-electron chi connectivity index (χ1n) is 7.33. The molecule has 2 aromatic rings. The van der Waals surface area contributed by atoms with Gasteiger partial charge in [0.25, 0.3) is 6.04 Å². The first-order chi connectivity index (χ1) is 11.2. The Hall–Kier alpha value is -2.50. The van der Waals surface area contributed by atoms with Gasteiger partial charge in [-0.25, -0.2) is 0 Å². The highest BCUT2D eigenvalue weighted by molar-refractivity contribution is 5.49. The minimum Gasteiger partial charge on any atom is -0.382 e. The molecule has 1 N–H and O–H groups in total. The third-order valence-corrected chi connectivity index (χ3v) is 3.35. The summed E-state index contributed by atoms with van der Waals surface area (Å²) in [6.07, 6.45) is 1.88. The van der Waals surface area contributed by atoms with E-state index >= 15 is 0 Å². The summed E-state index contributed by atoms with van der Waals surface area (Å²) in [5.41, 5.74) is 1.81. The summed E-state index contributed by atoms with van der Waals surface area (Å²) in [6, 6.07) is 17.5. The van der Waals surface area contributed by atoms with E-state index < -0.39 is 17.1 Å². The molecule has 0 aliphatic carbocycles. The number of hydrogen-bond acceptors (Lipinski definition) is 4. The summed E-state index contributed by atoms with van der Waals surface area (Å²) in [6.45, 7) is 0.127. The smallest absolute Gasteiger partial charge is 0.264 e. The first kappa shape index (κ1) is 16.9. The number of rotatable bonds is 8. The normalized spacial score (nSPS) is 13.8. The van der Waals surface area contributed by atoms with Crippen molar-refractivity contribution in [1.82, 2.24) is 0 Å². The summed E-state index contributed by atoms with van der Waals surface area (Å²) in [5, 5.41) is 21.2. The van der Waals surface area contributed by atoms with Crippen LogP contribution in [0.4, 0.5) is 0 Å². The van der Waals surface area contributed by atoms with Gasteiger partial charge in [0.2, 0.25) is 0 Å². The fraction of sp³-hybridized carbons (Fsp3) is 0.222. The van der Waals surface area contributed by atoms with E-state index in [1.165, 1.54) is 6.08 Å². The Morgan fingerprint density at radius 1 is 1.09 bits per heavy atom. The second-order valence-corrected chi connectivity index (χ2v) is 5.11. The molecule has 0 amide bonds. The first-order valence-corrected chi connectivity index (χ1v) is 7.33. The Bertz CT molecular complexity index is 628. The maximum absolute atomic E-state index is 11.1. The van der Waals surface area contributed by atoms with Gasteiger partial charge in [-0.15, -0.1) is 0 Å². The Morgan fingerprint density at radius 3 is 2.30 bits per heavy atom. The summed E-state index contributed by atoms with van der Waals surface area (Å²) >= 11 is 0. The largest absolute Gasteiger partial charge is 0.382 e. The summed E-state index contributed by atoms with van der Waals surface area (Å²) < 4.78 is 5.38. The Kier molecular flexibility index (Phi) is 6.47. The van der Waals surface area contributed by atoms with E-state index in [0.717, 1.165) is 11.1 Å². The highest BCUT2D eigenvalue weighted by Crippen LogP contribution is 2.08. The van der Waals surface area contributed by atoms with Gasteiger partial charge in [-0.3, -0.25) is 10.1 Å². The SMILES string of the molecule is O=[N+]([O-])[C@H](COCc1ccccc1)[C@@H](O)/C=C/c1ccccc1. The second kappa shape index (κ2) is 8.82. The molecule has 120 valence electrons. The van der Waals surface area contributed by atoms with E-state index in [9.17, 15) is 15.2 Å². The molecule has 0 aromatic heterocycles. The monoisotopic (exact) mass is 313 g/mol. The van der Waals surface area contributed by atoms with Crippen molar-refractivity contribution in [2.24, 2.45) is 0 Å². The molecule has 0 fully saturated rings. The third-order valence-electron chi connectivity index (χ3n) is 3.35. The molecule has 2 rings (SSSR count). The Balaban J connectivity index is 1.89. The van der Waals surface area contributed by atoms with Crippen LogP contribution < -0.4 is 0 Å². The van der Waals surface area contributed by atoms with E-state index in [0.29, 0.717) is 0 Å². The Labute approximate surface area is 135 Å². The molecule has 0 saturated heterocycles. The van der Waals surface area contributed by atoms with Gasteiger partial charge in [0.15, 0.2) is 0 Å². The summed E-state index contributed by atoms with van der Waals surface area (Å²) in [5.74, 6) is 0. The standard InChI is InChI=1S/C18H19NO4/c20-18(12-11-15-7-3-1-4-8-15)17(19(21)22)14-23-13-16-9-5-2-6-10-16/h1-12,17-18,20H,13-14H2/b12-11+/t17-,18+/m1/s1. The molecule has 5 heteroatoms. The lowest BCUT2D eigenvalue weighted by Gasteiger charge is -2.13. The number of ether oxygens (including phenoxy) is 1. The van der Waals surface area contributed by atoms with Gasteiger partial charge in [0.05, 0.1) is 6.61 Å². The quantitative estimate of drug-likeness (QED) is 0.601. The molecule has 0 aliphatic rings. The molecule has 0 heterocycles. The maximum Gasteiger partial charge on any atom is 0.264 e. The molecule has 0 radical (unpaired) electrons. The van der Waals surface area contributed by atoms with Crippen molar-refractivity contribution in [3.05, 3.63) is 88.0 Å². The van der Waals surface area contributed by atoms with Gasteiger partial charge in [0, 0.05) is 4.92 Å². The summed E-state index contributed by atoms with van der Waals surface area (Å²) in [4.78, 5) is 10.6. The van der Waals surface area contributed by atoms with E-state index in [2.05, 4.69) is 0 Å². The number of nitro groups is 1. The van der Waals surface area contributed by atoms with Crippen molar-refractivity contribution < 1.29 is 14.8 Å². The number of nitrogens with zero attached hydrogens (tertiary/aromatic N) is 1. The second-order valence-electron chi connectivity index (χ2n) is 5.11. The zero-order valence-corrected chi connectivity index (χ0v) is 12.6. The number of hydrogen-bond donors (Lipinski definition) is 1. The van der Waals surface area contributed by atoms with Gasteiger partial charge in [-0.05, 0) is 17.2 Å². The molecule has 0 spiro atoms. The molecule has 5 nitrogen and oxygen atoms in total. The molecule has 2 atom stereocenters. The molecule has 2 aromatic carbocycles. The third kappa shape index (κ3) is 5.65. The van der Waals surface area contributed by atoms with E-state index in [1.807, 2.05) is 60.7 Å². The van der Waals surface area contributed by atoms with Crippen LogP contribution in [0.3, 0.4) is 0 Å². The number of aliphatic hydroxyl groups is 1. The van der Waals surface area contributed by atoms with Crippen molar-refractivity contribution in [3.8, 4) is 0 Å². The average molecular weight is 313 g/mol. The fourth-order valence-corrected chi connectivity index (χ4v) is 2.06. The van der Waals surface area contributed by atoms with E-state index in [-0.39, 0.29) is 13.2 Å². The number of aliphatic hydroxyl groups excluding tert-OH is 1. The summed E-state index contributed by atoms with van der Waals surface area (Å²) in [7, 11) is 0. The zero-order chi connectivity index (χ0) is 16.5. The van der Waals surface area contributed by atoms with Crippen molar-refractivity contribution in [2.45, 2.75) is 18.8 Å². The lowest BCUT2D eigenvalue weighted by atomic mass is 10.1. The van der Waals surface area contributed by atoms with Crippen LogP contribution in [0.5, 0.6) is 0 Å². The van der Waals surface area contributed by atoms with E-state index in [4.69, 9.17) is 4.74 Å². The predicted octanol–water partition coefficient (Wildman–Crippen LogP) is 2.92. The lowest BCUT2D eigenvalue weighted by Crippen LogP contribution is -2.36. The lowest BCUT2D eigenvalue weighted by molar-refractivity contribution is -0.535. The van der Waals surface area contributed by atoms with Crippen molar-refractivity contribution >= 4 is 6.08 Å². The highest BCUT2D eigenvalue weighted by Gasteiger charge is 2.28. The Morgan fingerprint density at radius 2 is 1.70 bits per heavy atom. The minimum atomic E-state index is -1.21. The predicted molar refractivity (Wildman–Crippen MR) is 88.4 cm³/mol. The van der Waals surface area contributed by atoms with Crippen molar-refractivity contribution in [2.75, 3.05) is 6.61 Å². The van der Waals surface area contributed by atoms with Gasteiger partial charge >= 0.3 is 0 Å². The number of benzene rings is 2. The van der Waals surface area contributed by atoms with Crippen LogP contribution in [0.1, 0.15) is 11.1 Å². The highest BCUT2D eigenvalue weighted by atomic mass is 16.6. The van der Waals surface area contributed by atoms with Crippen LogP contribution in [0.2, 0.25) is 0 Å². The molecule has 0 aliphatic heterocycles. The van der Waals surface area contributed by atoms with Crippen LogP contribution in [0.15, 0.2) is 66.7 Å². The minimum absolute atomic E-state index is 0.151. The molecular weight excluding hydrogens is 294 g/mol. The van der Waals surface area contributed by atoms with Crippen LogP contribution >= 0.6 is 0 Å². The fourth-order valence-electron chi connectivity index (χ4n) is 2.06. The van der Waals surface area contributed by atoms with Crippen molar-refractivity contribution in [1.29, 1.82) is 0 Å². The van der Waals surface area contributed by atoms with Crippen LogP contribution in [0, 0.1) is 10.1 Å². The van der Waals surface area contributed by atoms with Gasteiger partial charge in [0.1, 0.15) is 12.7 Å². The molecule has 23 heavy (non-hydrogen) atoms. The molecule has 0 bridgehead atoms. The van der Waals surface area contributed by atoms with Crippen LogP contribution in [0.25, 0.3) is 6.08 Å². The molecule has 0 unspecified atom stereocenters. The molecule has 0 saturated carbocycles. The van der Waals surface area contributed by atoms with Crippen LogP contribution in [-0.2, 0) is 11.3 Å². The average Bonchev–Trinajstić information content (AvgIpc) is 2.58.